The molecule has 0 aromatic heterocycles. The van der Waals surface area contributed by atoms with Gasteiger partial charge in [0.1, 0.15) is 33.4 Å². The highest BCUT2D eigenvalue weighted by Crippen LogP contribution is 2.42. The predicted molar refractivity (Wildman–Crippen MR) is 125 cm³/mol. The van der Waals surface area contributed by atoms with Crippen LogP contribution >= 0.6 is 11.8 Å². The molecule has 1 atom stereocenters. The number of amides is 1. The van der Waals surface area contributed by atoms with Crippen molar-refractivity contribution in [1.29, 1.82) is 0 Å². The van der Waals surface area contributed by atoms with Crippen molar-refractivity contribution in [2.75, 3.05) is 0 Å². The van der Waals surface area contributed by atoms with Crippen LogP contribution in [0.15, 0.2) is 60.1 Å². The number of hydrogen-bond donors (Lipinski definition) is 3. The number of alkyl halides is 3. The molecular formula is C23H16F4N6O2S. The number of carbonyl (C=O) groups excluding carboxylic acids is 1. The topological polar surface area (TPSA) is 118 Å². The Hall–Kier alpha value is -4.13. The van der Waals surface area contributed by atoms with Crippen molar-refractivity contribution >= 4 is 22.7 Å². The van der Waals surface area contributed by atoms with Gasteiger partial charge in [-0.15, -0.1) is 0 Å². The number of benzene rings is 2. The number of rotatable bonds is 5. The molecule has 184 valence electrons. The minimum absolute atomic E-state index is 0.0106. The van der Waals surface area contributed by atoms with Crippen molar-refractivity contribution < 1.29 is 27.5 Å². The third kappa shape index (κ3) is 4.33. The number of phenols is 1. The summed E-state index contributed by atoms with van der Waals surface area (Å²) in [6.45, 7) is 0.143. The van der Waals surface area contributed by atoms with E-state index in [4.69, 9.17) is 5.73 Å². The molecule has 4 N–H and O–H groups in total. The molecule has 2 aromatic rings. The Balaban J connectivity index is 1.42. The first-order chi connectivity index (χ1) is 17.1. The average molecular weight is 516 g/mol. The zero-order valence-electron chi connectivity index (χ0n) is 18.1. The lowest BCUT2D eigenvalue weighted by atomic mass is 10.1. The van der Waals surface area contributed by atoms with Crippen molar-refractivity contribution in [3.05, 3.63) is 77.5 Å². The van der Waals surface area contributed by atoms with Crippen molar-refractivity contribution in [1.82, 2.24) is 20.0 Å². The standard InChI is InChI=1S/C23H16F4N6O2S/c24-15-4-2-1-3-13(15)19-18(21(28)35)20-16(30-19)8-33(10-29-20)9-17-31-32-22(36-17)12-6-5-11(34)7-14(12)23(25,26)27/h1-8,10,22,32,34H,9H2,(H2,28,35). The van der Waals surface area contributed by atoms with Crippen molar-refractivity contribution in [2.24, 2.45) is 10.8 Å². The van der Waals surface area contributed by atoms with Crippen LogP contribution in [0.2, 0.25) is 0 Å². The number of thioether (sulfide) groups is 1. The lowest BCUT2D eigenvalue weighted by Crippen LogP contribution is -2.15. The van der Waals surface area contributed by atoms with Crippen LogP contribution in [-0.2, 0) is 12.7 Å². The van der Waals surface area contributed by atoms with Crippen LogP contribution in [0.3, 0.4) is 0 Å². The molecule has 0 radical (unpaired) electrons. The van der Waals surface area contributed by atoms with Crippen LogP contribution in [0, 0.1) is 5.82 Å². The summed E-state index contributed by atoms with van der Waals surface area (Å²) >= 11 is 1.08. The maximum Gasteiger partial charge on any atom is 0.416 e. The third-order valence-electron chi connectivity index (χ3n) is 5.45. The van der Waals surface area contributed by atoms with Gasteiger partial charge in [-0.2, -0.15) is 18.3 Å². The van der Waals surface area contributed by atoms with Crippen molar-refractivity contribution in [3.8, 4) is 28.4 Å². The number of nitrogens with zero attached hydrogens (tertiary/aromatic N) is 4. The van der Waals surface area contributed by atoms with Gasteiger partial charge in [0.2, 0.25) is 0 Å². The average Bonchev–Trinajstić information content (AvgIpc) is 3.43. The normalized spacial score (nSPS) is 15.7. The predicted octanol–water partition coefficient (Wildman–Crippen LogP) is 4.36. The Morgan fingerprint density at radius 3 is 2.69 bits per heavy atom. The third-order valence-corrected chi connectivity index (χ3v) is 6.54. The number of primary amides is 1. The SMILES string of the molecule is NC(=O)c1c2ncn(CC3=NNC(c4ccc(O)cc4C(F)(F)F)S3)cc-2nc1-c1ccccc1F. The number of hydrazone groups is 1. The highest BCUT2D eigenvalue weighted by atomic mass is 32.2. The van der Waals surface area contributed by atoms with E-state index in [0.717, 1.165) is 11.8 Å². The Labute approximate surface area is 205 Å². The molecule has 3 aliphatic rings. The molecule has 1 amide bonds. The van der Waals surface area contributed by atoms with E-state index in [2.05, 4.69) is 20.5 Å². The molecule has 2 aromatic carbocycles. The first kappa shape index (κ1) is 23.6. The lowest BCUT2D eigenvalue weighted by Gasteiger charge is -2.17. The first-order valence-corrected chi connectivity index (χ1v) is 11.3. The first-order valence-electron chi connectivity index (χ1n) is 10.4. The summed E-state index contributed by atoms with van der Waals surface area (Å²) in [4.78, 5) is 20.8. The van der Waals surface area contributed by atoms with E-state index < -0.39 is 34.6 Å². The largest absolute Gasteiger partial charge is 0.508 e. The van der Waals surface area contributed by atoms with Gasteiger partial charge in [-0.3, -0.25) is 10.2 Å². The van der Waals surface area contributed by atoms with E-state index in [9.17, 15) is 27.5 Å². The summed E-state index contributed by atoms with van der Waals surface area (Å²) < 4.78 is 56.3. The smallest absolute Gasteiger partial charge is 0.416 e. The second-order valence-electron chi connectivity index (χ2n) is 7.86. The fraction of sp³-hybridized carbons (Fsp3) is 0.130. The number of carbonyl (C=O) groups is 1. The van der Waals surface area contributed by atoms with Gasteiger partial charge in [-0.1, -0.05) is 30.0 Å². The van der Waals surface area contributed by atoms with E-state index in [1.165, 1.54) is 36.7 Å². The second kappa shape index (κ2) is 8.82. The van der Waals surface area contributed by atoms with E-state index in [1.807, 2.05) is 0 Å². The number of fused-ring (bicyclic) bond motifs is 1. The zero-order chi connectivity index (χ0) is 25.6. The number of aromatic hydroxyl groups is 1. The summed E-state index contributed by atoms with van der Waals surface area (Å²) in [7, 11) is 0. The van der Waals surface area contributed by atoms with Crippen molar-refractivity contribution in [3.63, 3.8) is 0 Å². The number of aromatic nitrogens is 3. The molecule has 3 aliphatic heterocycles. The van der Waals surface area contributed by atoms with Gasteiger partial charge in [0.15, 0.2) is 0 Å². The summed E-state index contributed by atoms with van der Waals surface area (Å²) in [5.74, 6) is -1.87. The maximum atomic E-state index is 14.4. The monoisotopic (exact) mass is 516 g/mol. The molecule has 8 nitrogen and oxygen atoms in total. The van der Waals surface area contributed by atoms with Gasteiger partial charge in [-0.25, -0.2) is 14.4 Å². The highest BCUT2D eigenvalue weighted by molar-refractivity contribution is 8.14. The van der Waals surface area contributed by atoms with Crippen LogP contribution in [0.4, 0.5) is 17.6 Å². The number of nitrogens with two attached hydrogens (primary N) is 1. The van der Waals surface area contributed by atoms with Gasteiger partial charge in [0.25, 0.3) is 5.91 Å². The number of halogens is 4. The molecular weight excluding hydrogens is 500 g/mol. The quantitative estimate of drug-likeness (QED) is 0.339. The van der Waals surface area contributed by atoms with E-state index >= 15 is 0 Å². The molecule has 0 saturated heterocycles. The molecule has 0 aliphatic carbocycles. The molecule has 0 saturated carbocycles. The minimum Gasteiger partial charge on any atom is -0.508 e. The van der Waals surface area contributed by atoms with E-state index in [0.29, 0.717) is 11.1 Å². The number of nitrogens with one attached hydrogen (secondary N) is 1. The fourth-order valence-corrected chi connectivity index (χ4v) is 4.92. The van der Waals surface area contributed by atoms with E-state index in [-0.39, 0.29) is 40.3 Å². The fourth-order valence-electron chi connectivity index (χ4n) is 3.88. The molecule has 0 spiro atoms. The zero-order valence-corrected chi connectivity index (χ0v) is 18.9. The summed E-state index contributed by atoms with van der Waals surface area (Å²) in [6.07, 6.45) is -1.68. The van der Waals surface area contributed by atoms with Crippen LogP contribution in [-0.4, -0.2) is 30.6 Å². The van der Waals surface area contributed by atoms with Gasteiger partial charge >= 0.3 is 6.18 Å². The Morgan fingerprint density at radius 1 is 1.19 bits per heavy atom. The molecule has 3 heterocycles. The van der Waals surface area contributed by atoms with Crippen LogP contribution < -0.4 is 11.2 Å². The van der Waals surface area contributed by atoms with Gasteiger partial charge in [0.05, 0.1) is 29.7 Å². The molecule has 36 heavy (non-hydrogen) atoms. The molecule has 1 unspecified atom stereocenters. The lowest BCUT2D eigenvalue weighted by molar-refractivity contribution is -0.138. The second-order valence-corrected chi connectivity index (χ2v) is 9.04. The van der Waals surface area contributed by atoms with Crippen LogP contribution in [0.5, 0.6) is 5.75 Å². The maximum absolute atomic E-state index is 14.4. The molecule has 0 fully saturated rings. The number of phenolic OH excluding ortho intramolecular Hbond substituents is 1. The van der Waals surface area contributed by atoms with Crippen LogP contribution in [0.1, 0.15) is 26.9 Å². The molecule has 5 rings (SSSR count). The Bertz CT molecular complexity index is 1490. The summed E-state index contributed by atoms with van der Waals surface area (Å²) in [5.41, 5.74) is 7.84. The number of hydrogen-bond acceptors (Lipinski definition) is 7. The summed E-state index contributed by atoms with van der Waals surface area (Å²) in [6, 6.07) is 8.89. The Kier molecular flexibility index (Phi) is 5.79. The Morgan fingerprint density at radius 2 is 1.97 bits per heavy atom. The van der Waals surface area contributed by atoms with Gasteiger partial charge in [-0.05, 0) is 29.8 Å². The minimum atomic E-state index is -4.65. The highest BCUT2D eigenvalue weighted by Gasteiger charge is 2.37. The van der Waals surface area contributed by atoms with Gasteiger partial charge < -0.3 is 15.4 Å². The van der Waals surface area contributed by atoms with E-state index in [1.54, 1.807) is 16.8 Å². The van der Waals surface area contributed by atoms with Crippen molar-refractivity contribution in [2.45, 2.75) is 18.1 Å². The molecule has 0 bridgehead atoms. The summed E-state index contributed by atoms with van der Waals surface area (Å²) in [5, 5.41) is 13.3. The van der Waals surface area contributed by atoms with Crippen LogP contribution in [0.25, 0.3) is 22.6 Å². The van der Waals surface area contributed by atoms with Gasteiger partial charge in [0, 0.05) is 11.8 Å². The molecule has 13 heteroatoms.